The standard InChI is InChI=1S/C16H15N3O/c17-16-15(13-8-4-5-11-18-13)14(20-19-16)10-9-12-6-2-1-3-7-12/h1-8,11H,9-10H2,(H2,17,19). The van der Waals surface area contributed by atoms with Crippen LogP contribution >= 0.6 is 0 Å². The highest BCUT2D eigenvalue weighted by Gasteiger charge is 2.16. The maximum absolute atomic E-state index is 5.90. The summed E-state index contributed by atoms with van der Waals surface area (Å²) in [4.78, 5) is 4.32. The van der Waals surface area contributed by atoms with Gasteiger partial charge in [-0.3, -0.25) is 4.98 Å². The molecule has 0 saturated heterocycles. The number of anilines is 1. The fourth-order valence-electron chi connectivity index (χ4n) is 2.20. The molecule has 0 unspecified atom stereocenters. The molecule has 3 aromatic rings. The predicted molar refractivity (Wildman–Crippen MR) is 78.0 cm³/mol. The molecule has 2 heterocycles. The molecular weight excluding hydrogens is 250 g/mol. The van der Waals surface area contributed by atoms with Gasteiger partial charge in [-0.15, -0.1) is 0 Å². The van der Waals surface area contributed by atoms with Crippen molar-refractivity contribution in [3.05, 3.63) is 66.1 Å². The van der Waals surface area contributed by atoms with Crippen molar-refractivity contribution in [3.63, 3.8) is 0 Å². The van der Waals surface area contributed by atoms with Crippen LogP contribution in [0.1, 0.15) is 11.3 Å². The number of nitrogens with two attached hydrogens (primary N) is 1. The van der Waals surface area contributed by atoms with Gasteiger partial charge in [0.25, 0.3) is 0 Å². The monoisotopic (exact) mass is 265 g/mol. The first-order valence-corrected chi connectivity index (χ1v) is 6.54. The second kappa shape index (κ2) is 5.57. The zero-order chi connectivity index (χ0) is 13.8. The normalized spacial score (nSPS) is 10.6. The van der Waals surface area contributed by atoms with Gasteiger partial charge in [-0.1, -0.05) is 41.6 Å². The van der Waals surface area contributed by atoms with Gasteiger partial charge in [-0.05, 0) is 24.1 Å². The van der Waals surface area contributed by atoms with Crippen molar-refractivity contribution < 1.29 is 4.52 Å². The number of hydrogen-bond acceptors (Lipinski definition) is 4. The highest BCUT2D eigenvalue weighted by Crippen LogP contribution is 2.28. The Hall–Kier alpha value is -2.62. The molecule has 100 valence electrons. The van der Waals surface area contributed by atoms with Crippen molar-refractivity contribution in [1.29, 1.82) is 0 Å². The van der Waals surface area contributed by atoms with Crippen LogP contribution in [0.3, 0.4) is 0 Å². The maximum atomic E-state index is 5.90. The summed E-state index contributed by atoms with van der Waals surface area (Å²) in [6.07, 6.45) is 3.37. The summed E-state index contributed by atoms with van der Waals surface area (Å²) in [5.74, 6) is 1.18. The third kappa shape index (κ3) is 2.54. The summed E-state index contributed by atoms with van der Waals surface area (Å²) in [7, 11) is 0. The van der Waals surface area contributed by atoms with Crippen molar-refractivity contribution in [3.8, 4) is 11.3 Å². The quantitative estimate of drug-likeness (QED) is 0.787. The number of aryl methyl sites for hydroxylation is 2. The van der Waals surface area contributed by atoms with Crippen molar-refractivity contribution in [2.24, 2.45) is 0 Å². The smallest absolute Gasteiger partial charge is 0.176 e. The highest BCUT2D eigenvalue weighted by atomic mass is 16.5. The first-order valence-electron chi connectivity index (χ1n) is 6.54. The lowest BCUT2D eigenvalue weighted by Gasteiger charge is -2.02. The minimum absolute atomic E-state index is 0.395. The van der Waals surface area contributed by atoms with Crippen LogP contribution in [0, 0.1) is 0 Å². The van der Waals surface area contributed by atoms with E-state index in [0.717, 1.165) is 29.9 Å². The molecule has 4 nitrogen and oxygen atoms in total. The zero-order valence-electron chi connectivity index (χ0n) is 11.0. The highest BCUT2D eigenvalue weighted by molar-refractivity contribution is 5.72. The Balaban J connectivity index is 1.85. The molecule has 0 aliphatic heterocycles. The molecule has 0 spiro atoms. The maximum Gasteiger partial charge on any atom is 0.176 e. The van der Waals surface area contributed by atoms with Gasteiger partial charge in [0.05, 0.1) is 11.3 Å². The fraction of sp³-hybridized carbons (Fsp3) is 0.125. The van der Waals surface area contributed by atoms with Crippen LogP contribution in [0.15, 0.2) is 59.3 Å². The first kappa shape index (κ1) is 12.4. The van der Waals surface area contributed by atoms with E-state index in [9.17, 15) is 0 Å². The van der Waals surface area contributed by atoms with Crippen LogP contribution in [-0.2, 0) is 12.8 Å². The predicted octanol–water partition coefficient (Wildman–Crippen LogP) is 3.10. The molecule has 2 N–H and O–H groups in total. The molecule has 0 aliphatic carbocycles. The number of nitrogen functional groups attached to an aromatic ring is 1. The number of hydrogen-bond donors (Lipinski definition) is 1. The first-order chi connectivity index (χ1) is 9.84. The molecule has 0 radical (unpaired) electrons. The molecule has 3 rings (SSSR count). The largest absolute Gasteiger partial charge is 0.380 e. The molecule has 0 bridgehead atoms. The number of aromatic nitrogens is 2. The third-order valence-corrected chi connectivity index (χ3v) is 3.19. The Morgan fingerprint density at radius 2 is 1.75 bits per heavy atom. The number of rotatable bonds is 4. The van der Waals surface area contributed by atoms with Crippen molar-refractivity contribution >= 4 is 5.82 Å². The van der Waals surface area contributed by atoms with Crippen LogP contribution < -0.4 is 5.73 Å². The molecular formula is C16H15N3O. The lowest BCUT2D eigenvalue weighted by molar-refractivity contribution is 0.386. The van der Waals surface area contributed by atoms with Crippen molar-refractivity contribution in [1.82, 2.24) is 10.1 Å². The number of nitrogens with zero attached hydrogens (tertiary/aromatic N) is 2. The minimum Gasteiger partial charge on any atom is -0.380 e. The van der Waals surface area contributed by atoms with E-state index in [1.54, 1.807) is 6.20 Å². The van der Waals surface area contributed by atoms with Crippen molar-refractivity contribution in [2.45, 2.75) is 12.8 Å². The van der Waals surface area contributed by atoms with E-state index >= 15 is 0 Å². The van der Waals surface area contributed by atoms with Crippen LogP contribution in [0.5, 0.6) is 0 Å². The Morgan fingerprint density at radius 1 is 0.950 bits per heavy atom. The molecule has 2 aromatic heterocycles. The number of pyridine rings is 1. The minimum atomic E-state index is 0.395. The summed E-state index contributed by atoms with van der Waals surface area (Å²) in [6, 6.07) is 16.0. The Labute approximate surface area is 117 Å². The van der Waals surface area contributed by atoms with Crippen LogP contribution in [0.4, 0.5) is 5.82 Å². The van der Waals surface area contributed by atoms with Crippen molar-refractivity contribution in [2.75, 3.05) is 5.73 Å². The SMILES string of the molecule is Nc1noc(CCc2ccccc2)c1-c1ccccn1. The summed E-state index contributed by atoms with van der Waals surface area (Å²) in [6.45, 7) is 0. The van der Waals surface area contributed by atoms with E-state index in [4.69, 9.17) is 10.3 Å². The average molecular weight is 265 g/mol. The van der Waals surface area contributed by atoms with E-state index in [0.29, 0.717) is 5.82 Å². The molecule has 0 atom stereocenters. The molecule has 1 aromatic carbocycles. The molecule has 0 aliphatic rings. The van der Waals surface area contributed by atoms with Gasteiger partial charge in [-0.2, -0.15) is 0 Å². The van der Waals surface area contributed by atoms with E-state index in [1.165, 1.54) is 5.56 Å². The summed E-state index contributed by atoms with van der Waals surface area (Å²) in [5, 5.41) is 3.87. The van der Waals surface area contributed by atoms with E-state index in [-0.39, 0.29) is 0 Å². The van der Waals surface area contributed by atoms with Gasteiger partial charge >= 0.3 is 0 Å². The molecule has 20 heavy (non-hydrogen) atoms. The van der Waals surface area contributed by atoms with E-state index in [1.807, 2.05) is 36.4 Å². The summed E-state index contributed by atoms with van der Waals surface area (Å²) in [5.41, 5.74) is 8.76. The molecule has 4 heteroatoms. The molecule has 0 saturated carbocycles. The van der Waals surface area contributed by atoms with Gasteiger partial charge in [0.2, 0.25) is 0 Å². The lowest BCUT2D eigenvalue weighted by Crippen LogP contribution is -1.95. The fourth-order valence-corrected chi connectivity index (χ4v) is 2.20. The Kier molecular flexibility index (Phi) is 3.46. The van der Waals surface area contributed by atoms with E-state index in [2.05, 4.69) is 22.3 Å². The third-order valence-electron chi connectivity index (χ3n) is 3.19. The lowest BCUT2D eigenvalue weighted by atomic mass is 10.0. The number of benzene rings is 1. The zero-order valence-corrected chi connectivity index (χ0v) is 11.0. The second-order valence-corrected chi connectivity index (χ2v) is 4.57. The Bertz CT molecular complexity index is 677. The van der Waals surface area contributed by atoms with Crippen LogP contribution in [0.2, 0.25) is 0 Å². The van der Waals surface area contributed by atoms with E-state index < -0.39 is 0 Å². The van der Waals surface area contributed by atoms with Gasteiger partial charge in [0.15, 0.2) is 5.82 Å². The summed E-state index contributed by atoms with van der Waals surface area (Å²) < 4.78 is 5.36. The van der Waals surface area contributed by atoms with Crippen LogP contribution in [0.25, 0.3) is 11.3 Å². The second-order valence-electron chi connectivity index (χ2n) is 4.57. The van der Waals surface area contributed by atoms with Gasteiger partial charge < -0.3 is 10.3 Å². The van der Waals surface area contributed by atoms with Gasteiger partial charge in [0, 0.05) is 12.6 Å². The molecule has 0 fully saturated rings. The van der Waals surface area contributed by atoms with Gasteiger partial charge in [0.1, 0.15) is 5.76 Å². The average Bonchev–Trinajstić information content (AvgIpc) is 2.88. The topological polar surface area (TPSA) is 64.9 Å². The van der Waals surface area contributed by atoms with Gasteiger partial charge in [-0.25, -0.2) is 0 Å². The molecule has 0 amide bonds. The Morgan fingerprint density at radius 3 is 2.50 bits per heavy atom. The summed E-state index contributed by atoms with van der Waals surface area (Å²) >= 11 is 0. The van der Waals surface area contributed by atoms with Crippen LogP contribution in [-0.4, -0.2) is 10.1 Å².